The van der Waals surface area contributed by atoms with Crippen molar-refractivity contribution in [3.8, 4) is 0 Å². The lowest BCUT2D eigenvalue weighted by Crippen LogP contribution is -2.46. The second-order valence-electron chi connectivity index (χ2n) is 6.33. The third kappa shape index (κ3) is 3.95. The second kappa shape index (κ2) is 8.17. The minimum absolute atomic E-state index is 0.0253. The van der Waals surface area contributed by atoms with Gasteiger partial charge >= 0.3 is 0 Å². The molecule has 0 aliphatic carbocycles. The number of pyridine rings is 1. The number of hydrogen-bond acceptors (Lipinski definition) is 4. The van der Waals surface area contributed by atoms with Gasteiger partial charge in [-0.25, -0.2) is 9.37 Å². The molecule has 0 bridgehead atoms. The number of hydrogen-bond donors (Lipinski definition) is 0. The van der Waals surface area contributed by atoms with Crippen molar-refractivity contribution in [2.24, 2.45) is 0 Å². The third-order valence-electron chi connectivity index (χ3n) is 4.85. The van der Waals surface area contributed by atoms with Crippen molar-refractivity contribution in [3.05, 3.63) is 54.1 Å². The minimum Gasteiger partial charge on any atom is -0.368 e. The van der Waals surface area contributed by atoms with Crippen LogP contribution in [0.5, 0.6) is 0 Å². The molecule has 1 aromatic carbocycles. The van der Waals surface area contributed by atoms with E-state index in [1.54, 1.807) is 11.1 Å². The van der Waals surface area contributed by atoms with Crippen molar-refractivity contribution in [1.82, 2.24) is 9.88 Å². The van der Waals surface area contributed by atoms with Crippen LogP contribution in [-0.2, 0) is 0 Å². The molecule has 5 nitrogen and oxygen atoms in total. The van der Waals surface area contributed by atoms with Crippen LogP contribution in [0.1, 0.15) is 24.3 Å². The zero-order valence-electron chi connectivity index (χ0n) is 15.4. The Morgan fingerprint density at radius 3 is 2.00 bits per heavy atom. The smallest absolute Gasteiger partial charge is 0.272 e. The van der Waals surface area contributed by atoms with E-state index in [2.05, 4.69) is 14.8 Å². The number of nitrogens with zero attached hydrogens (tertiary/aromatic N) is 4. The predicted molar refractivity (Wildman–Crippen MR) is 102 cm³/mol. The maximum Gasteiger partial charge on any atom is 0.272 e. The molecule has 6 heteroatoms. The number of rotatable bonds is 5. The van der Waals surface area contributed by atoms with Crippen LogP contribution >= 0.6 is 0 Å². The largest absolute Gasteiger partial charge is 0.368 e. The van der Waals surface area contributed by atoms with Crippen molar-refractivity contribution in [3.63, 3.8) is 0 Å². The molecule has 1 saturated heterocycles. The molecule has 0 atom stereocenters. The van der Waals surface area contributed by atoms with E-state index in [-0.39, 0.29) is 11.7 Å². The molecule has 1 aliphatic rings. The monoisotopic (exact) mass is 356 g/mol. The highest BCUT2D eigenvalue weighted by atomic mass is 19.1. The van der Waals surface area contributed by atoms with E-state index in [0.29, 0.717) is 18.8 Å². The summed E-state index contributed by atoms with van der Waals surface area (Å²) in [7, 11) is 0. The molecule has 0 radical (unpaired) electrons. The molecule has 0 saturated carbocycles. The Hall–Kier alpha value is -2.63. The van der Waals surface area contributed by atoms with Crippen molar-refractivity contribution in [2.75, 3.05) is 49.1 Å². The van der Waals surface area contributed by atoms with Gasteiger partial charge in [0.15, 0.2) is 0 Å². The van der Waals surface area contributed by atoms with E-state index in [1.807, 2.05) is 38.1 Å². The van der Waals surface area contributed by atoms with E-state index in [9.17, 15) is 9.18 Å². The molecule has 1 aliphatic heterocycles. The lowest BCUT2D eigenvalue weighted by Gasteiger charge is -2.37. The van der Waals surface area contributed by atoms with E-state index in [4.69, 9.17) is 0 Å². The quantitative estimate of drug-likeness (QED) is 0.826. The number of carbonyl (C=O) groups excluding carboxylic acids is 1. The van der Waals surface area contributed by atoms with Crippen molar-refractivity contribution in [2.45, 2.75) is 13.8 Å². The highest BCUT2D eigenvalue weighted by molar-refractivity contribution is 5.92. The van der Waals surface area contributed by atoms with E-state index < -0.39 is 0 Å². The number of anilines is 2. The minimum atomic E-state index is -0.210. The molecule has 2 aromatic rings. The molecule has 0 spiro atoms. The van der Waals surface area contributed by atoms with Gasteiger partial charge in [0.1, 0.15) is 11.5 Å². The van der Waals surface area contributed by atoms with Crippen molar-refractivity contribution < 1.29 is 9.18 Å². The van der Waals surface area contributed by atoms with Gasteiger partial charge in [-0.05, 0) is 50.2 Å². The maximum absolute atomic E-state index is 13.1. The number of carbonyl (C=O) groups is 1. The molecule has 0 unspecified atom stereocenters. The first-order valence-corrected chi connectivity index (χ1v) is 9.13. The Morgan fingerprint density at radius 1 is 0.962 bits per heavy atom. The van der Waals surface area contributed by atoms with Gasteiger partial charge in [-0.3, -0.25) is 4.79 Å². The first-order chi connectivity index (χ1) is 12.6. The number of amides is 1. The highest BCUT2D eigenvalue weighted by Gasteiger charge is 2.19. The van der Waals surface area contributed by atoms with Gasteiger partial charge in [0.25, 0.3) is 5.91 Å². The maximum atomic E-state index is 13.1. The van der Waals surface area contributed by atoms with E-state index in [1.165, 1.54) is 12.1 Å². The number of halogens is 1. The Labute approximate surface area is 154 Å². The normalized spacial score (nSPS) is 14.4. The summed E-state index contributed by atoms with van der Waals surface area (Å²) >= 11 is 0. The highest BCUT2D eigenvalue weighted by Crippen LogP contribution is 2.20. The van der Waals surface area contributed by atoms with Crippen LogP contribution in [0.25, 0.3) is 0 Å². The summed E-state index contributed by atoms with van der Waals surface area (Å²) in [4.78, 5) is 23.0. The Bertz CT molecular complexity index is 720. The molecular weight excluding hydrogens is 331 g/mol. The summed E-state index contributed by atoms with van der Waals surface area (Å²) in [5.74, 6) is -0.236. The average molecular weight is 356 g/mol. The molecule has 138 valence electrons. The molecule has 1 fully saturated rings. The average Bonchev–Trinajstić information content (AvgIpc) is 2.70. The SMILES string of the molecule is CCN(CC)C(=O)c1ccc(N2CCN(c3ccc(F)cc3)CC2)cn1. The zero-order valence-corrected chi connectivity index (χ0v) is 15.4. The standard InChI is InChI=1S/C20H25FN4O/c1-3-23(4-2)20(26)19-10-9-18(15-22-19)25-13-11-24(12-14-25)17-7-5-16(21)6-8-17/h5-10,15H,3-4,11-14H2,1-2H3. The van der Waals surface area contributed by atoms with Crippen LogP contribution in [0.2, 0.25) is 0 Å². The lowest BCUT2D eigenvalue weighted by atomic mass is 10.2. The summed E-state index contributed by atoms with van der Waals surface area (Å²) in [6.07, 6.45) is 1.78. The van der Waals surface area contributed by atoms with Gasteiger partial charge in [-0.2, -0.15) is 0 Å². The second-order valence-corrected chi connectivity index (χ2v) is 6.33. The molecule has 2 heterocycles. The Morgan fingerprint density at radius 2 is 1.50 bits per heavy atom. The summed E-state index contributed by atoms with van der Waals surface area (Å²) in [5.41, 5.74) is 2.56. The number of aromatic nitrogens is 1. The fourth-order valence-corrected chi connectivity index (χ4v) is 3.25. The van der Waals surface area contributed by atoms with Gasteiger partial charge in [-0.1, -0.05) is 0 Å². The topological polar surface area (TPSA) is 39.7 Å². The van der Waals surface area contributed by atoms with Crippen LogP contribution in [-0.4, -0.2) is 55.1 Å². The van der Waals surface area contributed by atoms with Crippen molar-refractivity contribution in [1.29, 1.82) is 0 Å². The summed E-state index contributed by atoms with van der Waals surface area (Å²) in [6, 6.07) is 10.4. The van der Waals surface area contributed by atoms with Crippen LogP contribution in [0.4, 0.5) is 15.8 Å². The summed E-state index contributed by atoms with van der Waals surface area (Å²) in [5, 5.41) is 0. The number of piperazine rings is 1. The van der Waals surface area contributed by atoms with Gasteiger partial charge in [0.2, 0.25) is 0 Å². The molecule has 1 aromatic heterocycles. The van der Waals surface area contributed by atoms with E-state index in [0.717, 1.165) is 37.6 Å². The Balaban J connectivity index is 1.61. The van der Waals surface area contributed by atoms with E-state index >= 15 is 0 Å². The zero-order chi connectivity index (χ0) is 18.5. The third-order valence-corrected chi connectivity index (χ3v) is 4.85. The fraction of sp³-hybridized carbons (Fsp3) is 0.400. The van der Waals surface area contributed by atoms with Crippen LogP contribution in [0.15, 0.2) is 42.6 Å². The lowest BCUT2D eigenvalue weighted by molar-refractivity contribution is 0.0767. The van der Waals surface area contributed by atoms with Gasteiger partial charge in [0.05, 0.1) is 11.9 Å². The van der Waals surface area contributed by atoms with Crippen LogP contribution in [0, 0.1) is 5.82 Å². The molecule has 3 rings (SSSR count). The van der Waals surface area contributed by atoms with Gasteiger partial charge < -0.3 is 14.7 Å². The van der Waals surface area contributed by atoms with Gasteiger partial charge in [-0.15, -0.1) is 0 Å². The first kappa shape index (κ1) is 18.2. The molecule has 0 N–H and O–H groups in total. The first-order valence-electron chi connectivity index (χ1n) is 9.13. The Kier molecular flexibility index (Phi) is 5.71. The van der Waals surface area contributed by atoms with Crippen LogP contribution in [0.3, 0.4) is 0 Å². The number of benzene rings is 1. The fourth-order valence-electron chi connectivity index (χ4n) is 3.25. The molecule has 26 heavy (non-hydrogen) atoms. The van der Waals surface area contributed by atoms with Crippen LogP contribution < -0.4 is 9.80 Å². The predicted octanol–water partition coefficient (Wildman–Crippen LogP) is 3.03. The van der Waals surface area contributed by atoms with Crippen molar-refractivity contribution >= 4 is 17.3 Å². The summed E-state index contributed by atoms with van der Waals surface area (Å²) < 4.78 is 13.1. The molecular formula is C20H25FN4O. The molecule has 1 amide bonds. The summed E-state index contributed by atoms with van der Waals surface area (Å²) in [6.45, 7) is 8.77. The van der Waals surface area contributed by atoms with Gasteiger partial charge in [0, 0.05) is 45.0 Å².